The monoisotopic (exact) mass is 286 g/mol. The highest BCUT2D eigenvalue weighted by Crippen LogP contribution is 2.26. The van der Waals surface area contributed by atoms with E-state index in [0.717, 1.165) is 12.5 Å². The number of hydrogen-bond donors (Lipinski definition) is 1. The molecule has 2 atom stereocenters. The summed E-state index contributed by atoms with van der Waals surface area (Å²) in [6.07, 6.45) is 0.128. The van der Waals surface area contributed by atoms with E-state index in [-0.39, 0.29) is 17.0 Å². The number of nitrogens with zero attached hydrogens (tertiary/aromatic N) is 1. The van der Waals surface area contributed by atoms with Crippen molar-refractivity contribution in [3.63, 3.8) is 0 Å². The summed E-state index contributed by atoms with van der Waals surface area (Å²) < 4.78 is 18.4. The average molecular weight is 287 g/mol. The molecule has 0 aliphatic carbocycles. The summed E-state index contributed by atoms with van der Waals surface area (Å²) in [5, 5.41) is 0.151. The fourth-order valence-electron chi connectivity index (χ4n) is 2.06. The van der Waals surface area contributed by atoms with Crippen LogP contribution in [0.3, 0.4) is 0 Å². The van der Waals surface area contributed by atoms with Crippen molar-refractivity contribution >= 4 is 17.5 Å². The van der Waals surface area contributed by atoms with E-state index in [4.69, 9.17) is 22.1 Å². The van der Waals surface area contributed by atoms with Crippen molar-refractivity contribution in [1.29, 1.82) is 0 Å². The number of nitrogens with two attached hydrogens (primary N) is 1. The number of amides is 1. The summed E-state index contributed by atoms with van der Waals surface area (Å²) in [6, 6.07) is 3.84. The number of carbonyl (C=O) groups excluding carboxylic acids is 1. The van der Waals surface area contributed by atoms with Gasteiger partial charge >= 0.3 is 0 Å². The van der Waals surface area contributed by atoms with E-state index in [2.05, 4.69) is 0 Å². The van der Waals surface area contributed by atoms with Crippen LogP contribution >= 0.6 is 11.6 Å². The molecule has 6 heteroatoms. The second-order valence-electron chi connectivity index (χ2n) is 4.67. The maximum Gasteiger partial charge on any atom is 0.263 e. The maximum atomic E-state index is 12.9. The zero-order chi connectivity index (χ0) is 14.0. The Kier molecular flexibility index (Phi) is 4.27. The van der Waals surface area contributed by atoms with E-state index in [1.165, 1.54) is 12.1 Å². The second kappa shape index (κ2) is 5.75. The highest BCUT2D eigenvalue weighted by Gasteiger charge is 2.28. The van der Waals surface area contributed by atoms with Gasteiger partial charge in [0, 0.05) is 19.1 Å². The smallest absolute Gasteiger partial charge is 0.263 e. The van der Waals surface area contributed by atoms with Gasteiger partial charge in [-0.05, 0) is 31.5 Å². The number of halogens is 2. The topological polar surface area (TPSA) is 55.6 Å². The van der Waals surface area contributed by atoms with Gasteiger partial charge in [-0.15, -0.1) is 0 Å². The van der Waals surface area contributed by atoms with Gasteiger partial charge in [-0.1, -0.05) is 11.6 Å². The molecule has 1 aromatic rings. The number of likely N-dealkylation sites (tertiary alicyclic amines) is 1. The molecule has 2 rings (SSSR count). The molecule has 1 heterocycles. The lowest BCUT2D eigenvalue weighted by Gasteiger charge is -2.21. The summed E-state index contributed by atoms with van der Waals surface area (Å²) in [5.74, 6) is -0.275. The lowest BCUT2D eigenvalue weighted by molar-refractivity contribution is -0.136. The normalized spacial score (nSPS) is 20.4. The Bertz CT molecular complexity index is 484. The first kappa shape index (κ1) is 14.1. The van der Waals surface area contributed by atoms with Crippen molar-refractivity contribution in [3.8, 4) is 5.75 Å². The van der Waals surface area contributed by atoms with Gasteiger partial charge in [-0.2, -0.15) is 0 Å². The second-order valence-corrected chi connectivity index (χ2v) is 5.08. The molecular formula is C13H16ClFN2O2. The highest BCUT2D eigenvalue weighted by atomic mass is 35.5. The fraction of sp³-hybridized carbons (Fsp3) is 0.462. The van der Waals surface area contributed by atoms with Gasteiger partial charge in [0.25, 0.3) is 5.91 Å². The molecule has 1 fully saturated rings. The quantitative estimate of drug-likeness (QED) is 0.922. The van der Waals surface area contributed by atoms with E-state index >= 15 is 0 Å². The minimum absolute atomic E-state index is 0.0329. The Balaban J connectivity index is 2.00. The summed E-state index contributed by atoms with van der Waals surface area (Å²) in [7, 11) is 0. The summed E-state index contributed by atoms with van der Waals surface area (Å²) in [4.78, 5) is 13.8. The van der Waals surface area contributed by atoms with E-state index in [1.54, 1.807) is 11.8 Å². The van der Waals surface area contributed by atoms with Gasteiger partial charge in [0.15, 0.2) is 6.10 Å². The van der Waals surface area contributed by atoms with Crippen molar-refractivity contribution in [2.45, 2.75) is 25.5 Å². The molecule has 1 aromatic carbocycles. The average Bonchev–Trinajstić information content (AvgIpc) is 2.78. The van der Waals surface area contributed by atoms with Crippen molar-refractivity contribution in [2.75, 3.05) is 13.1 Å². The molecule has 0 spiro atoms. The first-order valence-corrected chi connectivity index (χ1v) is 6.51. The molecule has 0 saturated carbocycles. The van der Waals surface area contributed by atoms with Crippen LogP contribution in [-0.4, -0.2) is 36.0 Å². The molecule has 1 unspecified atom stereocenters. The Hall–Kier alpha value is -1.33. The third-order valence-electron chi connectivity index (χ3n) is 3.08. The SMILES string of the molecule is CC(Oc1ccc(F)cc1Cl)C(=O)N1CC[C@H](N)C1. The third kappa shape index (κ3) is 3.36. The van der Waals surface area contributed by atoms with Gasteiger partial charge in [0.05, 0.1) is 5.02 Å². The Labute approximate surface area is 116 Å². The predicted octanol–water partition coefficient (Wildman–Crippen LogP) is 1.81. The molecule has 1 aliphatic rings. The van der Waals surface area contributed by atoms with Gasteiger partial charge in [-0.3, -0.25) is 4.79 Å². The van der Waals surface area contributed by atoms with Crippen molar-refractivity contribution in [2.24, 2.45) is 5.73 Å². The zero-order valence-electron chi connectivity index (χ0n) is 10.6. The van der Waals surface area contributed by atoms with Crippen LogP contribution in [0.1, 0.15) is 13.3 Å². The van der Waals surface area contributed by atoms with Crippen LogP contribution in [0.15, 0.2) is 18.2 Å². The molecule has 1 amide bonds. The van der Waals surface area contributed by atoms with E-state index in [0.29, 0.717) is 18.8 Å². The predicted molar refractivity (Wildman–Crippen MR) is 70.7 cm³/mol. The number of hydrogen-bond acceptors (Lipinski definition) is 3. The van der Waals surface area contributed by atoms with Crippen LogP contribution in [0.25, 0.3) is 0 Å². The minimum atomic E-state index is -0.673. The van der Waals surface area contributed by atoms with Crippen molar-refractivity contribution in [3.05, 3.63) is 29.0 Å². The lowest BCUT2D eigenvalue weighted by Crippen LogP contribution is -2.40. The van der Waals surface area contributed by atoms with E-state index in [9.17, 15) is 9.18 Å². The summed E-state index contributed by atoms with van der Waals surface area (Å²) in [6.45, 7) is 2.83. The first-order valence-electron chi connectivity index (χ1n) is 6.13. The standard InChI is InChI=1S/C13H16ClFN2O2/c1-8(13(18)17-5-4-10(16)7-17)19-12-3-2-9(15)6-11(12)14/h2-3,6,8,10H,4-5,7,16H2,1H3/t8?,10-/m0/s1. The molecule has 19 heavy (non-hydrogen) atoms. The van der Waals surface area contributed by atoms with E-state index < -0.39 is 11.9 Å². The van der Waals surface area contributed by atoms with Crippen LogP contribution in [-0.2, 0) is 4.79 Å². The molecule has 1 saturated heterocycles. The van der Waals surface area contributed by atoms with Crippen LogP contribution in [0.5, 0.6) is 5.75 Å². The van der Waals surface area contributed by atoms with Crippen molar-refractivity contribution in [1.82, 2.24) is 4.90 Å². The molecule has 2 N–H and O–H groups in total. The third-order valence-corrected chi connectivity index (χ3v) is 3.38. The van der Waals surface area contributed by atoms with Gasteiger partial charge in [0.1, 0.15) is 11.6 Å². The number of rotatable bonds is 3. The van der Waals surface area contributed by atoms with Crippen LogP contribution in [0, 0.1) is 5.82 Å². The first-order chi connectivity index (χ1) is 8.97. The number of carbonyl (C=O) groups is 1. The fourth-order valence-corrected chi connectivity index (χ4v) is 2.27. The Morgan fingerprint density at radius 2 is 2.37 bits per heavy atom. The molecule has 0 radical (unpaired) electrons. The lowest BCUT2D eigenvalue weighted by atomic mass is 10.3. The van der Waals surface area contributed by atoms with E-state index in [1.807, 2.05) is 0 Å². The number of benzene rings is 1. The summed E-state index contributed by atoms with van der Waals surface area (Å²) in [5.41, 5.74) is 5.76. The van der Waals surface area contributed by atoms with Crippen molar-refractivity contribution < 1.29 is 13.9 Å². The molecule has 104 valence electrons. The van der Waals surface area contributed by atoms with Gasteiger partial charge in [0.2, 0.25) is 0 Å². The number of ether oxygens (including phenoxy) is 1. The van der Waals surface area contributed by atoms with Crippen LogP contribution in [0.2, 0.25) is 5.02 Å². The summed E-state index contributed by atoms with van der Waals surface area (Å²) >= 11 is 5.85. The Morgan fingerprint density at radius 1 is 1.63 bits per heavy atom. The zero-order valence-corrected chi connectivity index (χ0v) is 11.4. The van der Waals surface area contributed by atoms with Crippen LogP contribution in [0.4, 0.5) is 4.39 Å². The molecule has 0 aromatic heterocycles. The molecule has 0 bridgehead atoms. The maximum absolute atomic E-state index is 12.9. The highest BCUT2D eigenvalue weighted by molar-refractivity contribution is 6.32. The van der Waals surface area contributed by atoms with Gasteiger partial charge < -0.3 is 15.4 Å². The molecular weight excluding hydrogens is 271 g/mol. The minimum Gasteiger partial charge on any atom is -0.479 e. The molecule has 1 aliphatic heterocycles. The largest absolute Gasteiger partial charge is 0.479 e. The van der Waals surface area contributed by atoms with Gasteiger partial charge in [-0.25, -0.2) is 4.39 Å². The Morgan fingerprint density at radius 3 is 2.95 bits per heavy atom. The van der Waals surface area contributed by atoms with Crippen LogP contribution < -0.4 is 10.5 Å². The molecule has 4 nitrogen and oxygen atoms in total.